The lowest BCUT2D eigenvalue weighted by atomic mass is 9.98. The van der Waals surface area contributed by atoms with Gasteiger partial charge >= 0.3 is 12.1 Å². The Morgan fingerprint density at radius 2 is 2.00 bits per heavy atom. The minimum Gasteiger partial charge on any atom is -0.466 e. The summed E-state index contributed by atoms with van der Waals surface area (Å²) in [6, 6.07) is 5.36. The molecule has 1 heterocycles. The first-order valence-corrected chi connectivity index (χ1v) is 9.00. The highest BCUT2D eigenvalue weighted by molar-refractivity contribution is 5.80. The van der Waals surface area contributed by atoms with Gasteiger partial charge in [-0.1, -0.05) is 18.2 Å². The minimum absolute atomic E-state index is 0.0105. The fourth-order valence-electron chi connectivity index (χ4n) is 3.27. The molecule has 0 saturated carbocycles. The van der Waals surface area contributed by atoms with Gasteiger partial charge in [-0.3, -0.25) is 14.5 Å². The van der Waals surface area contributed by atoms with Gasteiger partial charge < -0.3 is 9.64 Å². The van der Waals surface area contributed by atoms with Gasteiger partial charge in [0, 0.05) is 19.6 Å². The summed E-state index contributed by atoms with van der Waals surface area (Å²) in [4.78, 5) is 27.6. The zero-order valence-electron chi connectivity index (χ0n) is 15.6. The van der Waals surface area contributed by atoms with Gasteiger partial charge in [0.05, 0.1) is 24.6 Å². The van der Waals surface area contributed by atoms with Crippen LogP contribution < -0.4 is 0 Å². The molecule has 0 aliphatic carbocycles. The summed E-state index contributed by atoms with van der Waals surface area (Å²) in [7, 11) is 1.61. The van der Waals surface area contributed by atoms with Crippen molar-refractivity contribution in [1.82, 2.24) is 9.80 Å². The monoisotopic (exact) mass is 386 g/mol. The van der Waals surface area contributed by atoms with E-state index >= 15 is 0 Å². The van der Waals surface area contributed by atoms with Crippen molar-refractivity contribution in [2.75, 3.05) is 33.3 Å². The van der Waals surface area contributed by atoms with Crippen LogP contribution in [-0.2, 0) is 27.0 Å². The lowest BCUT2D eigenvalue weighted by Gasteiger charge is -2.32. The van der Waals surface area contributed by atoms with Crippen LogP contribution in [0.15, 0.2) is 24.3 Å². The minimum atomic E-state index is -4.43. The third kappa shape index (κ3) is 5.95. The zero-order chi connectivity index (χ0) is 20.0. The van der Waals surface area contributed by atoms with E-state index in [1.54, 1.807) is 29.8 Å². The van der Waals surface area contributed by atoms with Crippen LogP contribution in [0.4, 0.5) is 13.2 Å². The van der Waals surface area contributed by atoms with Crippen LogP contribution in [0.2, 0.25) is 0 Å². The number of likely N-dealkylation sites (N-methyl/N-ethyl adjacent to an activating group) is 1. The Morgan fingerprint density at radius 3 is 2.67 bits per heavy atom. The van der Waals surface area contributed by atoms with Gasteiger partial charge in [-0.25, -0.2) is 0 Å². The van der Waals surface area contributed by atoms with E-state index in [0.29, 0.717) is 32.5 Å². The van der Waals surface area contributed by atoms with Crippen LogP contribution in [0.3, 0.4) is 0 Å². The van der Waals surface area contributed by atoms with E-state index in [2.05, 4.69) is 0 Å². The van der Waals surface area contributed by atoms with Crippen molar-refractivity contribution in [2.45, 2.75) is 32.5 Å². The van der Waals surface area contributed by atoms with Gasteiger partial charge in [0.2, 0.25) is 5.91 Å². The summed E-state index contributed by atoms with van der Waals surface area (Å²) in [6.07, 6.45) is -3.05. The number of halogens is 3. The molecule has 8 heteroatoms. The van der Waals surface area contributed by atoms with Crippen molar-refractivity contribution in [3.05, 3.63) is 35.4 Å². The maximum atomic E-state index is 13.1. The van der Waals surface area contributed by atoms with E-state index in [1.807, 2.05) is 0 Å². The number of carbonyl (C=O) groups is 2. The summed E-state index contributed by atoms with van der Waals surface area (Å²) in [5.74, 6) is -0.836. The highest BCUT2D eigenvalue weighted by Crippen LogP contribution is 2.32. The molecule has 1 aromatic rings. The largest absolute Gasteiger partial charge is 0.466 e. The van der Waals surface area contributed by atoms with Gasteiger partial charge in [0.1, 0.15) is 0 Å². The highest BCUT2D eigenvalue weighted by Gasteiger charge is 2.33. The average Bonchev–Trinajstić information content (AvgIpc) is 2.61. The average molecular weight is 386 g/mol. The maximum absolute atomic E-state index is 13.1. The van der Waals surface area contributed by atoms with Crippen LogP contribution in [0.1, 0.15) is 30.9 Å². The second-order valence-corrected chi connectivity index (χ2v) is 6.76. The number of likely N-dealkylation sites (tertiary alicyclic amines) is 1. The number of piperidine rings is 1. The predicted octanol–water partition coefficient (Wildman–Crippen LogP) is 2.94. The molecule has 150 valence electrons. The molecule has 27 heavy (non-hydrogen) atoms. The van der Waals surface area contributed by atoms with Crippen LogP contribution in [0.5, 0.6) is 0 Å². The second kappa shape index (κ2) is 9.21. The molecule has 1 saturated heterocycles. The molecule has 0 aromatic heterocycles. The molecule has 2 rings (SSSR count). The lowest BCUT2D eigenvalue weighted by molar-refractivity contribution is -0.151. The SMILES string of the molecule is CCOC(=O)C1CCCN(C(=O)CN(C)Cc2ccccc2C(F)(F)F)C1. The molecular formula is C19H25F3N2O3. The van der Waals surface area contributed by atoms with E-state index in [-0.39, 0.29) is 36.4 Å². The predicted molar refractivity (Wildman–Crippen MR) is 93.7 cm³/mol. The molecule has 1 fully saturated rings. The molecule has 0 N–H and O–H groups in total. The third-order valence-electron chi connectivity index (χ3n) is 4.56. The van der Waals surface area contributed by atoms with Crippen LogP contribution in [-0.4, -0.2) is 55.0 Å². The lowest BCUT2D eigenvalue weighted by Crippen LogP contribution is -2.46. The van der Waals surface area contributed by atoms with Crippen molar-refractivity contribution in [3.63, 3.8) is 0 Å². The normalized spacial score (nSPS) is 17.9. The van der Waals surface area contributed by atoms with Crippen LogP contribution in [0, 0.1) is 5.92 Å². The molecule has 5 nitrogen and oxygen atoms in total. The number of nitrogens with zero attached hydrogens (tertiary/aromatic N) is 2. The number of hydrogen-bond acceptors (Lipinski definition) is 4. The zero-order valence-corrected chi connectivity index (χ0v) is 15.6. The molecule has 1 aliphatic heterocycles. The number of rotatable bonds is 6. The first-order valence-electron chi connectivity index (χ1n) is 9.00. The van der Waals surface area contributed by atoms with Crippen LogP contribution >= 0.6 is 0 Å². The van der Waals surface area contributed by atoms with Crippen LogP contribution in [0.25, 0.3) is 0 Å². The Labute approximate surface area is 157 Å². The van der Waals surface area contributed by atoms with Gasteiger partial charge in [0.25, 0.3) is 0 Å². The Balaban J connectivity index is 1.95. The highest BCUT2D eigenvalue weighted by atomic mass is 19.4. The Bertz CT molecular complexity index is 664. The van der Waals surface area contributed by atoms with Crippen molar-refractivity contribution >= 4 is 11.9 Å². The molecular weight excluding hydrogens is 361 g/mol. The molecule has 0 spiro atoms. The standard InChI is InChI=1S/C19H25F3N2O3/c1-3-27-18(26)15-8-6-10-24(12-15)17(25)13-23(2)11-14-7-4-5-9-16(14)19(20,21)22/h4-5,7,9,15H,3,6,8,10-13H2,1-2H3. The third-order valence-corrected chi connectivity index (χ3v) is 4.56. The summed E-state index contributed by atoms with van der Waals surface area (Å²) in [5, 5.41) is 0. The van der Waals surface area contributed by atoms with Gasteiger partial charge in [-0.2, -0.15) is 13.2 Å². The van der Waals surface area contributed by atoms with E-state index in [0.717, 1.165) is 6.07 Å². The molecule has 1 atom stereocenters. The number of alkyl halides is 3. The number of amides is 1. The Kier molecular flexibility index (Phi) is 7.24. The quantitative estimate of drug-likeness (QED) is 0.706. The Hall–Kier alpha value is -2.09. The summed E-state index contributed by atoms with van der Waals surface area (Å²) >= 11 is 0. The fraction of sp³-hybridized carbons (Fsp3) is 0.579. The molecule has 1 aliphatic rings. The second-order valence-electron chi connectivity index (χ2n) is 6.76. The van der Waals surface area contributed by atoms with E-state index in [4.69, 9.17) is 4.74 Å². The molecule has 0 radical (unpaired) electrons. The number of carbonyl (C=O) groups excluding carboxylic acids is 2. The number of ether oxygens (including phenoxy) is 1. The van der Waals surface area contributed by atoms with Gasteiger partial charge in [0.15, 0.2) is 0 Å². The summed E-state index contributed by atoms with van der Waals surface area (Å²) in [6.45, 7) is 2.87. The molecule has 1 amide bonds. The topological polar surface area (TPSA) is 49.9 Å². The van der Waals surface area contributed by atoms with E-state index < -0.39 is 11.7 Å². The van der Waals surface area contributed by atoms with Gasteiger partial charge in [-0.05, 0) is 38.4 Å². The maximum Gasteiger partial charge on any atom is 0.416 e. The fourth-order valence-corrected chi connectivity index (χ4v) is 3.27. The Morgan fingerprint density at radius 1 is 1.30 bits per heavy atom. The summed E-state index contributed by atoms with van der Waals surface area (Å²) in [5.41, 5.74) is -0.562. The summed E-state index contributed by atoms with van der Waals surface area (Å²) < 4.78 is 44.3. The van der Waals surface area contributed by atoms with E-state index in [9.17, 15) is 22.8 Å². The van der Waals surface area contributed by atoms with Crippen molar-refractivity contribution < 1.29 is 27.5 Å². The first kappa shape index (κ1) is 21.2. The number of benzene rings is 1. The molecule has 0 bridgehead atoms. The first-order chi connectivity index (χ1) is 12.7. The molecule has 1 aromatic carbocycles. The van der Waals surface area contributed by atoms with E-state index in [1.165, 1.54) is 12.1 Å². The smallest absolute Gasteiger partial charge is 0.416 e. The number of esters is 1. The van der Waals surface area contributed by atoms with Crippen molar-refractivity contribution in [3.8, 4) is 0 Å². The number of hydrogen-bond donors (Lipinski definition) is 0. The van der Waals surface area contributed by atoms with Crippen molar-refractivity contribution in [1.29, 1.82) is 0 Å². The van der Waals surface area contributed by atoms with Gasteiger partial charge in [-0.15, -0.1) is 0 Å². The van der Waals surface area contributed by atoms with Crippen molar-refractivity contribution in [2.24, 2.45) is 5.92 Å². The molecule has 1 unspecified atom stereocenters.